The summed E-state index contributed by atoms with van der Waals surface area (Å²) in [7, 11) is 0. The van der Waals surface area contributed by atoms with Gasteiger partial charge in [-0.15, -0.1) is 0 Å². The molecule has 1 saturated heterocycles. The van der Waals surface area contributed by atoms with Crippen LogP contribution in [0.2, 0.25) is 0 Å². The molecule has 6 heteroatoms. The van der Waals surface area contributed by atoms with Gasteiger partial charge in [-0.2, -0.15) is 22.0 Å². The fraction of sp³-hybridized carbons (Fsp3) is 1.00. The molecule has 1 aliphatic rings. The van der Waals surface area contributed by atoms with Gasteiger partial charge in [0.1, 0.15) is 0 Å². The standard InChI is InChI=1S/C6H8F5N/c7-5(8,6(9,10)11)1-4-2-12-3-4/h4,12H,1-3H2. The summed E-state index contributed by atoms with van der Waals surface area (Å²) in [6, 6.07) is 0. The van der Waals surface area contributed by atoms with Crippen LogP contribution in [0.25, 0.3) is 0 Å². The maximum atomic E-state index is 12.2. The highest BCUT2D eigenvalue weighted by Gasteiger charge is 2.58. The molecule has 0 spiro atoms. The highest BCUT2D eigenvalue weighted by atomic mass is 19.4. The molecule has 1 N–H and O–H groups in total. The molecule has 0 aromatic carbocycles. The maximum absolute atomic E-state index is 12.2. The lowest BCUT2D eigenvalue weighted by molar-refractivity contribution is -0.288. The molecule has 0 atom stereocenters. The molecule has 0 aromatic rings. The van der Waals surface area contributed by atoms with Crippen LogP contribution in [0.4, 0.5) is 22.0 Å². The van der Waals surface area contributed by atoms with E-state index in [4.69, 9.17) is 0 Å². The van der Waals surface area contributed by atoms with Gasteiger partial charge in [0, 0.05) is 6.42 Å². The Bertz CT molecular complexity index is 160. The van der Waals surface area contributed by atoms with Crippen LogP contribution in [0.1, 0.15) is 6.42 Å². The lowest BCUT2D eigenvalue weighted by Crippen LogP contribution is -2.48. The minimum atomic E-state index is -5.40. The summed E-state index contributed by atoms with van der Waals surface area (Å²) in [5.74, 6) is -5.07. The second kappa shape index (κ2) is 2.83. The van der Waals surface area contributed by atoms with Gasteiger partial charge in [-0.25, -0.2) is 0 Å². The number of alkyl halides is 5. The number of nitrogens with one attached hydrogen (secondary N) is 1. The average Bonchev–Trinajstić information content (AvgIpc) is 1.76. The van der Waals surface area contributed by atoms with Crippen LogP contribution in [0.5, 0.6) is 0 Å². The van der Waals surface area contributed by atoms with Gasteiger partial charge >= 0.3 is 12.1 Å². The van der Waals surface area contributed by atoms with Crippen molar-refractivity contribution in [1.82, 2.24) is 5.32 Å². The summed E-state index contributed by atoms with van der Waals surface area (Å²) in [5.41, 5.74) is 0. The maximum Gasteiger partial charge on any atom is 0.453 e. The monoisotopic (exact) mass is 189 g/mol. The van der Waals surface area contributed by atoms with E-state index >= 15 is 0 Å². The van der Waals surface area contributed by atoms with Crippen LogP contribution in [0.3, 0.4) is 0 Å². The molecule has 1 rings (SSSR count). The Kier molecular flexibility index (Phi) is 2.29. The molecule has 0 aliphatic carbocycles. The Labute approximate surface area is 65.9 Å². The molecule has 1 heterocycles. The third-order valence-corrected chi connectivity index (χ3v) is 1.83. The van der Waals surface area contributed by atoms with Crippen molar-refractivity contribution < 1.29 is 22.0 Å². The van der Waals surface area contributed by atoms with Gasteiger partial charge < -0.3 is 5.32 Å². The fourth-order valence-corrected chi connectivity index (χ4v) is 0.971. The third-order valence-electron chi connectivity index (χ3n) is 1.83. The molecule has 0 unspecified atom stereocenters. The topological polar surface area (TPSA) is 12.0 Å². The number of hydrogen-bond donors (Lipinski definition) is 1. The second-order valence-electron chi connectivity index (χ2n) is 2.93. The predicted octanol–water partition coefficient (Wildman–Crippen LogP) is 1.79. The van der Waals surface area contributed by atoms with Gasteiger partial charge in [-0.05, 0) is 19.0 Å². The van der Waals surface area contributed by atoms with E-state index < -0.39 is 24.4 Å². The van der Waals surface area contributed by atoms with Crippen molar-refractivity contribution >= 4 is 0 Å². The zero-order valence-electron chi connectivity index (χ0n) is 6.09. The van der Waals surface area contributed by atoms with Crippen molar-refractivity contribution in [1.29, 1.82) is 0 Å². The van der Waals surface area contributed by atoms with Gasteiger partial charge in [-0.3, -0.25) is 0 Å². The van der Waals surface area contributed by atoms with E-state index in [2.05, 4.69) is 5.32 Å². The zero-order chi connectivity index (χ0) is 9.41. The number of rotatable bonds is 2. The highest BCUT2D eigenvalue weighted by Crippen LogP contribution is 2.40. The average molecular weight is 189 g/mol. The van der Waals surface area contributed by atoms with E-state index in [1.165, 1.54) is 0 Å². The molecule has 1 nitrogen and oxygen atoms in total. The molecule has 0 aromatic heterocycles. The van der Waals surface area contributed by atoms with E-state index in [0.717, 1.165) is 0 Å². The summed E-state index contributed by atoms with van der Waals surface area (Å²) in [5, 5.41) is 2.63. The Morgan fingerprint density at radius 3 is 1.83 bits per heavy atom. The summed E-state index contributed by atoms with van der Waals surface area (Å²) < 4.78 is 59.2. The highest BCUT2D eigenvalue weighted by molar-refractivity contribution is 4.85. The minimum Gasteiger partial charge on any atom is -0.316 e. The summed E-state index contributed by atoms with van der Waals surface area (Å²) >= 11 is 0. The van der Waals surface area contributed by atoms with Crippen molar-refractivity contribution in [2.45, 2.75) is 18.5 Å². The van der Waals surface area contributed by atoms with E-state index in [1.807, 2.05) is 0 Å². The molecule has 72 valence electrons. The molecule has 12 heavy (non-hydrogen) atoms. The van der Waals surface area contributed by atoms with Crippen molar-refractivity contribution in [2.24, 2.45) is 5.92 Å². The normalized spacial score (nSPS) is 20.8. The molecule has 0 radical (unpaired) electrons. The van der Waals surface area contributed by atoms with E-state index in [1.54, 1.807) is 0 Å². The van der Waals surface area contributed by atoms with E-state index in [9.17, 15) is 22.0 Å². The number of halogens is 5. The zero-order valence-corrected chi connectivity index (χ0v) is 6.09. The Hall–Kier alpha value is -0.390. The lowest BCUT2D eigenvalue weighted by atomic mass is 9.95. The van der Waals surface area contributed by atoms with Crippen LogP contribution in [0, 0.1) is 5.92 Å². The van der Waals surface area contributed by atoms with Gasteiger partial charge in [0.25, 0.3) is 0 Å². The quantitative estimate of drug-likeness (QED) is 0.653. The van der Waals surface area contributed by atoms with Gasteiger partial charge in [0.05, 0.1) is 0 Å². The minimum absolute atomic E-state index is 0.256. The summed E-state index contributed by atoms with van der Waals surface area (Å²) in [4.78, 5) is 0. The third kappa shape index (κ3) is 1.85. The SMILES string of the molecule is FC(F)(F)C(F)(F)CC1CNC1. The van der Waals surface area contributed by atoms with Crippen molar-refractivity contribution in [3.8, 4) is 0 Å². The molecular weight excluding hydrogens is 181 g/mol. The first-order valence-corrected chi connectivity index (χ1v) is 3.48. The Morgan fingerprint density at radius 2 is 1.58 bits per heavy atom. The molecule has 0 amide bonds. The van der Waals surface area contributed by atoms with Gasteiger partial charge in [0.15, 0.2) is 0 Å². The first kappa shape index (κ1) is 9.70. The van der Waals surface area contributed by atoms with E-state index in [-0.39, 0.29) is 13.1 Å². The first-order chi connectivity index (χ1) is 5.33. The molecule has 1 fully saturated rings. The summed E-state index contributed by atoms with van der Waals surface area (Å²) in [6.07, 6.45) is -6.49. The first-order valence-electron chi connectivity index (χ1n) is 3.48. The number of hydrogen-bond acceptors (Lipinski definition) is 1. The van der Waals surface area contributed by atoms with Crippen LogP contribution in [0.15, 0.2) is 0 Å². The van der Waals surface area contributed by atoms with Gasteiger partial charge in [0.2, 0.25) is 0 Å². The second-order valence-corrected chi connectivity index (χ2v) is 2.93. The van der Waals surface area contributed by atoms with Crippen molar-refractivity contribution in [2.75, 3.05) is 13.1 Å². The molecule has 0 saturated carbocycles. The smallest absolute Gasteiger partial charge is 0.316 e. The fourth-order valence-electron chi connectivity index (χ4n) is 0.971. The largest absolute Gasteiger partial charge is 0.453 e. The molecule has 0 bridgehead atoms. The van der Waals surface area contributed by atoms with E-state index in [0.29, 0.717) is 0 Å². The molecule has 1 aliphatic heterocycles. The summed E-state index contributed by atoms with van der Waals surface area (Å²) in [6.45, 7) is 0.511. The Balaban J connectivity index is 2.46. The van der Waals surface area contributed by atoms with Crippen molar-refractivity contribution in [3.05, 3.63) is 0 Å². The van der Waals surface area contributed by atoms with Crippen molar-refractivity contribution in [3.63, 3.8) is 0 Å². The van der Waals surface area contributed by atoms with Crippen LogP contribution in [-0.2, 0) is 0 Å². The molecular formula is C6H8F5N. The predicted molar refractivity (Wildman–Crippen MR) is 32.0 cm³/mol. The van der Waals surface area contributed by atoms with Crippen LogP contribution >= 0.6 is 0 Å². The van der Waals surface area contributed by atoms with Crippen LogP contribution < -0.4 is 5.32 Å². The van der Waals surface area contributed by atoms with Gasteiger partial charge in [-0.1, -0.05) is 0 Å². The Morgan fingerprint density at radius 1 is 1.08 bits per heavy atom. The lowest BCUT2D eigenvalue weighted by Gasteiger charge is -2.31. The van der Waals surface area contributed by atoms with Crippen LogP contribution in [-0.4, -0.2) is 25.2 Å².